The first kappa shape index (κ1) is 19.5. The number of benzene rings is 2. The maximum atomic E-state index is 14.6. The zero-order chi connectivity index (χ0) is 21.4. The Hall–Kier alpha value is -3.81. The Kier molecular flexibility index (Phi) is 4.91. The number of rotatable bonds is 4. The SMILES string of the molecule is Cc1nc2cc(=O)[nH]n2c(C)c1CC(=O)Nc1c(F)cc(F)cc1-c1ccccc1. The van der Waals surface area contributed by atoms with Gasteiger partial charge in [0, 0.05) is 34.6 Å². The van der Waals surface area contributed by atoms with Gasteiger partial charge in [0.05, 0.1) is 12.1 Å². The molecule has 0 aliphatic heterocycles. The Morgan fingerprint density at radius 3 is 2.60 bits per heavy atom. The lowest BCUT2D eigenvalue weighted by Gasteiger charge is -2.15. The highest BCUT2D eigenvalue weighted by Gasteiger charge is 2.18. The number of carbonyl (C=O) groups excluding carboxylic acids is 1. The van der Waals surface area contributed by atoms with Crippen LogP contribution in [0.5, 0.6) is 0 Å². The molecule has 0 bridgehead atoms. The Morgan fingerprint density at radius 1 is 1.13 bits per heavy atom. The van der Waals surface area contributed by atoms with Crippen molar-refractivity contribution in [1.29, 1.82) is 0 Å². The van der Waals surface area contributed by atoms with E-state index >= 15 is 0 Å². The summed E-state index contributed by atoms with van der Waals surface area (Å²) in [7, 11) is 0. The normalized spacial score (nSPS) is 11.1. The monoisotopic (exact) mass is 408 g/mol. The molecular weight excluding hydrogens is 390 g/mol. The van der Waals surface area contributed by atoms with E-state index in [4.69, 9.17) is 0 Å². The molecule has 2 aromatic carbocycles. The van der Waals surface area contributed by atoms with Crippen LogP contribution in [-0.2, 0) is 11.2 Å². The first-order valence-corrected chi connectivity index (χ1v) is 9.25. The molecule has 0 aliphatic rings. The van der Waals surface area contributed by atoms with Crippen LogP contribution >= 0.6 is 0 Å². The minimum atomic E-state index is -0.862. The molecule has 0 saturated heterocycles. The summed E-state index contributed by atoms with van der Waals surface area (Å²) in [5, 5.41) is 5.20. The van der Waals surface area contributed by atoms with E-state index in [0.29, 0.717) is 28.2 Å². The first-order valence-electron chi connectivity index (χ1n) is 9.25. The lowest BCUT2D eigenvalue weighted by atomic mass is 10.0. The van der Waals surface area contributed by atoms with Crippen molar-refractivity contribution in [3.05, 3.63) is 87.5 Å². The van der Waals surface area contributed by atoms with Gasteiger partial charge in [-0.3, -0.25) is 14.7 Å². The lowest BCUT2D eigenvalue weighted by Crippen LogP contribution is -2.19. The minimum Gasteiger partial charge on any atom is -0.323 e. The summed E-state index contributed by atoms with van der Waals surface area (Å²) in [4.78, 5) is 28.7. The number of nitrogens with zero attached hydrogens (tertiary/aromatic N) is 2. The van der Waals surface area contributed by atoms with Crippen molar-refractivity contribution in [2.45, 2.75) is 20.3 Å². The summed E-state index contributed by atoms with van der Waals surface area (Å²) in [6.45, 7) is 3.50. The number of H-pyrrole nitrogens is 1. The number of anilines is 1. The summed E-state index contributed by atoms with van der Waals surface area (Å²) < 4.78 is 29.9. The van der Waals surface area contributed by atoms with Crippen molar-refractivity contribution in [3.63, 3.8) is 0 Å². The van der Waals surface area contributed by atoms with Gasteiger partial charge in [-0.2, -0.15) is 0 Å². The van der Waals surface area contributed by atoms with Crippen LogP contribution in [-0.4, -0.2) is 20.5 Å². The van der Waals surface area contributed by atoms with E-state index in [9.17, 15) is 18.4 Å². The second-order valence-corrected chi connectivity index (χ2v) is 6.98. The average molecular weight is 408 g/mol. The van der Waals surface area contributed by atoms with Crippen LogP contribution in [0, 0.1) is 25.5 Å². The number of halogens is 2. The van der Waals surface area contributed by atoms with Gasteiger partial charge in [-0.1, -0.05) is 30.3 Å². The Bertz CT molecular complexity index is 1330. The number of aromatic nitrogens is 3. The van der Waals surface area contributed by atoms with E-state index in [0.717, 1.165) is 6.07 Å². The zero-order valence-electron chi connectivity index (χ0n) is 16.3. The van der Waals surface area contributed by atoms with Gasteiger partial charge in [0.1, 0.15) is 11.6 Å². The number of fused-ring (bicyclic) bond motifs is 1. The standard InChI is InChI=1S/C22H18F2N4O2/c1-12-16(13(2)28-19(25-12)11-21(30)27-28)10-20(29)26-22-17(8-15(23)9-18(22)24)14-6-4-3-5-7-14/h3-9,11H,10H2,1-2H3,(H,26,29)(H,27,30). The van der Waals surface area contributed by atoms with Crippen molar-refractivity contribution < 1.29 is 13.6 Å². The summed E-state index contributed by atoms with van der Waals surface area (Å²) in [6, 6.07) is 12.0. The molecule has 2 N–H and O–H groups in total. The maximum absolute atomic E-state index is 14.6. The zero-order valence-corrected chi connectivity index (χ0v) is 16.3. The van der Waals surface area contributed by atoms with E-state index in [-0.39, 0.29) is 23.2 Å². The maximum Gasteiger partial charge on any atom is 0.266 e. The third kappa shape index (κ3) is 3.59. The number of hydrogen-bond acceptors (Lipinski definition) is 3. The molecule has 4 rings (SSSR count). The lowest BCUT2D eigenvalue weighted by molar-refractivity contribution is -0.115. The first-order chi connectivity index (χ1) is 14.3. The molecule has 0 saturated carbocycles. The van der Waals surface area contributed by atoms with Crippen molar-refractivity contribution in [1.82, 2.24) is 14.6 Å². The number of aryl methyl sites for hydroxylation is 2. The topological polar surface area (TPSA) is 79.3 Å². The van der Waals surface area contributed by atoms with E-state index < -0.39 is 17.5 Å². The Morgan fingerprint density at radius 2 is 1.87 bits per heavy atom. The van der Waals surface area contributed by atoms with Crippen molar-refractivity contribution in [3.8, 4) is 11.1 Å². The van der Waals surface area contributed by atoms with E-state index in [2.05, 4.69) is 15.4 Å². The predicted molar refractivity (Wildman–Crippen MR) is 109 cm³/mol. The van der Waals surface area contributed by atoms with Crippen molar-refractivity contribution >= 4 is 17.2 Å². The van der Waals surface area contributed by atoms with Crippen LogP contribution in [0.2, 0.25) is 0 Å². The Labute approximate surface area is 170 Å². The molecule has 1 amide bonds. The van der Waals surface area contributed by atoms with Gasteiger partial charge in [0.25, 0.3) is 5.56 Å². The van der Waals surface area contributed by atoms with E-state index in [1.54, 1.807) is 44.2 Å². The average Bonchev–Trinajstić information content (AvgIpc) is 3.08. The highest BCUT2D eigenvalue weighted by molar-refractivity contribution is 5.97. The fraction of sp³-hybridized carbons (Fsp3) is 0.136. The van der Waals surface area contributed by atoms with E-state index in [1.807, 2.05) is 0 Å². The van der Waals surface area contributed by atoms with Crippen molar-refractivity contribution in [2.75, 3.05) is 5.32 Å². The molecule has 0 fully saturated rings. The highest BCUT2D eigenvalue weighted by Crippen LogP contribution is 2.31. The highest BCUT2D eigenvalue weighted by atomic mass is 19.1. The van der Waals surface area contributed by atoms with Crippen LogP contribution in [0.1, 0.15) is 17.0 Å². The summed E-state index contributed by atoms with van der Waals surface area (Å²) in [6.07, 6.45) is -0.0914. The molecule has 0 atom stereocenters. The molecule has 4 aromatic rings. The molecule has 2 aromatic heterocycles. The van der Waals surface area contributed by atoms with Gasteiger partial charge >= 0.3 is 0 Å². The molecule has 0 spiro atoms. The van der Waals surface area contributed by atoms with Crippen LogP contribution in [0.25, 0.3) is 16.8 Å². The quantitative estimate of drug-likeness (QED) is 0.540. The number of aromatic amines is 1. The van der Waals surface area contributed by atoms with Crippen LogP contribution < -0.4 is 10.9 Å². The van der Waals surface area contributed by atoms with Crippen LogP contribution in [0.4, 0.5) is 14.5 Å². The second kappa shape index (κ2) is 7.55. The van der Waals surface area contributed by atoms with Gasteiger partial charge in [0.15, 0.2) is 5.65 Å². The molecular formula is C22H18F2N4O2. The summed E-state index contributed by atoms with van der Waals surface area (Å²) in [5.74, 6) is -2.08. The number of nitrogens with one attached hydrogen (secondary N) is 2. The van der Waals surface area contributed by atoms with Crippen LogP contribution in [0.15, 0.2) is 53.3 Å². The van der Waals surface area contributed by atoms with Gasteiger partial charge in [-0.15, -0.1) is 0 Å². The smallest absolute Gasteiger partial charge is 0.266 e. The summed E-state index contributed by atoms with van der Waals surface area (Å²) >= 11 is 0. The molecule has 0 radical (unpaired) electrons. The van der Waals surface area contributed by atoms with Gasteiger partial charge in [0.2, 0.25) is 5.91 Å². The van der Waals surface area contributed by atoms with Crippen molar-refractivity contribution in [2.24, 2.45) is 0 Å². The third-order valence-electron chi connectivity index (χ3n) is 4.94. The largest absolute Gasteiger partial charge is 0.323 e. The summed E-state index contributed by atoms with van der Waals surface area (Å²) in [5.41, 5.74) is 2.73. The number of amides is 1. The molecule has 8 heteroatoms. The molecule has 30 heavy (non-hydrogen) atoms. The molecule has 152 valence electrons. The molecule has 0 unspecified atom stereocenters. The molecule has 0 aliphatic carbocycles. The van der Waals surface area contributed by atoms with Gasteiger partial charge in [-0.25, -0.2) is 18.3 Å². The van der Waals surface area contributed by atoms with Gasteiger partial charge < -0.3 is 5.32 Å². The second-order valence-electron chi connectivity index (χ2n) is 6.98. The number of hydrogen-bond donors (Lipinski definition) is 2. The third-order valence-corrected chi connectivity index (χ3v) is 4.94. The minimum absolute atomic E-state index is 0.0914. The van der Waals surface area contributed by atoms with E-state index in [1.165, 1.54) is 16.6 Å². The number of carbonyl (C=O) groups is 1. The van der Waals surface area contributed by atoms with Gasteiger partial charge in [-0.05, 0) is 25.5 Å². The fourth-order valence-corrected chi connectivity index (χ4v) is 3.50. The molecule has 2 heterocycles. The fourth-order valence-electron chi connectivity index (χ4n) is 3.50. The molecule has 6 nitrogen and oxygen atoms in total. The Balaban J connectivity index is 1.69. The predicted octanol–water partition coefficient (Wildman–Crippen LogP) is 3.77. The van der Waals surface area contributed by atoms with Crippen LogP contribution in [0.3, 0.4) is 0 Å².